The fraction of sp³-hybridized carbons (Fsp3) is 0.333. The summed E-state index contributed by atoms with van der Waals surface area (Å²) in [6.45, 7) is 3.17. The molecular weight excluding hydrogens is 374 g/mol. The summed E-state index contributed by atoms with van der Waals surface area (Å²) in [5.41, 5.74) is 2.54. The summed E-state index contributed by atoms with van der Waals surface area (Å²) in [6, 6.07) is 7.44. The Hall–Kier alpha value is -2.25. The van der Waals surface area contributed by atoms with E-state index in [0.29, 0.717) is 36.7 Å². The van der Waals surface area contributed by atoms with Crippen LogP contribution < -0.4 is 10.6 Å². The molecule has 0 spiro atoms. The smallest absolute Gasteiger partial charge is 0.410 e. The van der Waals surface area contributed by atoms with Gasteiger partial charge in [-0.3, -0.25) is 4.79 Å². The topological polar surface area (TPSA) is 70.7 Å². The molecule has 0 saturated heterocycles. The summed E-state index contributed by atoms with van der Waals surface area (Å²) in [7, 11) is 0. The van der Waals surface area contributed by atoms with Crippen LogP contribution in [0.3, 0.4) is 0 Å². The number of carbonyl (C=O) groups excluding carboxylic acids is 2. The number of hydrogen-bond acceptors (Lipinski definition) is 5. The molecule has 0 unspecified atom stereocenters. The number of nitrogens with one attached hydrogen (secondary N) is 2. The zero-order valence-corrected chi connectivity index (χ0v) is 15.7. The Morgan fingerprint density at radius 2 is 2.19 bits per heavy atom. The van der Waals surface area contributed by atoms with Crippen molar-refractivity contribution in [3.05, 3.63) is 50.9 Å². The highest BCUT2D eigenvalue weighted by molar-refractivity contribution is 7.16. The number of anilines is 1. The van der Waals surface area contributed by atoms with E-state index < -0.39 is 0 Å². The molecule has 6 nitrogen and oxygen atoms in total. The average Bonchev–Trinajstić information content (AvgIpc) is 3.00. The van der Waals surface area contributed by atoms with Gasteiger partial charge in [0.25, 0.3) is 5.91 Å². The summed E-state index contributed by atoms with van der Waals surface area (Å²) in [5.74, 6) is -0.106. The van der Waals surface area contributed by atoms with Crippen LogP contribution in [0.2, 0.25) is 5.02 Å². The van der Waals surface area contributed by atoms with Gasteiger partial charge in [-0.25, -0.2) is 4.79 Å². The van der Waals surface area contributed by atoms with E-state index in [1.165, 1.54) is 11.3 Å². The van der Waals surface area contributed by atoms with E-state index in [1.54, 1.807) is 17.9 Å². The van der Waals surface area contributed by atoms with Crippen molar-refractivity contribution in [2.45, 2.75) is 26.1 Å². The van der Waals surface area contributed by atoms with Crippen LogP contribution in [0.25, 0.3) is 0 Å². The first-order chi connectivity index (χ1) is 12.6. The third-order valence-electron chi connectivity index (χ3n) is 4.58. The number of thiophene rings is 1. The van der Waals surface area contributed by atoms with Crippen LogP contribution in [0.4, 0.5) is 9.80 Å². The second-order valence-corrected chi connectivity index (χ2v) is 7.66. The van der Waals surface area contributed by atoms with Gasteiger partial charge >= 0.3 is 6.09 Å². The van der Waals surface area contributed by atoms with Gasteiger partial charge in [-0.1, -0.05) is 29.8 Å². The zero-order valence-electron chi connectivity index (χ0n) is 14.2. The third-order valence-corrected chi connectivity index (χ3v) is 6.07. The second kappa shape index (κ2) is 6.81. The number of carbonyl (C=O) groups is 2. The predicted molar refractivity (Wildman–Crippen MR) is 101 cm³/mol. The summed E-state index contributed by atoms with van der Waals surface area (Å²) in [4.78, 5) is 27.4. The fourth-order valence-corrected chi connectivity index (χ4v) is 4.88. The van der Waals surface area contributed by atoms with Gasteiger partial charge in [-0.05, 0) is 25.0 Å². The number of halogens is 1. The van der Waals surface area contributed by atoms with Crippen molar-refractivity contribution in [1.82, 2.24) is 10.2 Å². The van der Waals surface area contributed by atoms with E-state index >= 15 is 0 Å². The van der Waals surface area contributed by atoms with Crippen molar-refractivity contribution in [2.24, 2.45) is 0 Å². The molecule has 0 radical (unpaired) electrons. The van der Waals surface area contributed by atoms with Crippen molar-refractivity contribution in [3.8, 4) is 0 Å². The lowest BCUT2D eigenvalue weighted by molar-refractivity contribution is 0.0934. The van der Waals surface area contributed by atoms with Crippen LogP contribution >= 0.6 is 22.9 Å². The third kappa shape index (κ3) is 2.91. The highest BCUT2D eigenvalue weighted by Gasteiger charge is 2.34. The highest BCUT2D eigenvalue weighted by atomic mass is 35.5. The first-order valence-electron chi connectivity index (χ1n) is 8.46. The molecule has 1 atom stereocenters. The lowest BCUT2D eigenvalue weighted by Crippen LogP contribution is -2.39. The maximum Gasteiger partial charge on any atom is 0.410 e. The molecular formula is C18H18ClN3O3S. The van der Waals surface area contributed by atoms with E-state index in [2.05, 4.69) is 10.6 Å². The van der Waals surface area contributed by atoms with E-state index in [1.807, 2.05) is 18.2 Å². The van der Waals surface area contributed by atoms with Crippen molar-refractivity contribution < 1.29 is 14.3 Å². The van der Waals surface area contributed by atoms with Crippen LogP contribution in [0.1, 0.15) is 39.5 Å². The van der Waals surface area contributed by atoms with E-state index in [0.717, 1.165) is 21.0 Å². The normalized spacial score (nSPS) is 18.5. The average molecular weight is 392 g/mol. The van der Waals surface area contributed by atoms with Crippen LogP contribution in [-0.4, -0.2) is 30.1 Å². The number of rotatable bonds is 2. The minimum atomic E-state index is -0.370. The first kappa shape index (κ1) is 17.2. The first-order valence-corrected chi connectivity index (χ1v) is 9.66. The molecule has 2 aromatic rings. The van der Waals surface area contributed by atoms with Crippen molar-refractivity contribution in [1.29, 1.82) is 0 Å². The molecule has 4 rings (SSSR count). The van der Waals surface area contributed by atoms with Gasteiger partial charge in [0.2, 0.25) is 0 Å². The van der Waals surface area contributed by atoms with E-state index in [4.69, 9.17) is 16.3 Å². The Morgan fingerprint density at radius 3 is 2.96 bits per heavy atom. The quantitative estimate of drug-likeness (QED) is 0.817. The van der Waals surface area contributed by atoms with Crippen molar-refractivity contribution in [3.63, 3.8) is 0 Å². The van der Waals surface area contributed by atoms with Gasteiger partial charge in [0.15, 0.2) is 0 Å². The fourth-order valence-electron chi connectivity index (χ4n) is 3.35. The number of benzene rings is 1. The molecule has 8 heteroatoms. The summed E-state index contributed by atoms with van der Waals surface area (Å²) in [6.07, 6.45) is -0.0351. The van der Waals surface area contributed by atoms with Crippen LogP contribution in [-0.2, 0) is 17.7 Å². The predicted octanol–water partition coefficient (Wildman–Crippen LogP) is 3.77. The second-order valence-electron chi connectivity index (χ2n) is 6.15. The molecule has 26 heavy (non-hydrogen) atoms. The Labute approximate surface area is 160 Å². The molecule has 2 aliphatic heterocycles. The number of fused-ring (bicyclic) bond motifs is 3. The molecule has 2 aliphatic rings. The molecule has 2 N–H and O–H groups in total. The Kier molecular flexibility index (Phi) is 4.50. The molecule has 0 aliphatic carbocycles. The molecule has 1 aromatic heterocycles. The van der Waals surface area contributed by atoms with E-state index in [9.17, 15) is 9.59 Å². The summed E-state index contributed by atoms with van der Waals surface area (Å²) >= 11 is 7.79. The SMILES string of the molecule is CCOC(=O)N1CCc2c(sc3c2C(=O)N[C@@H](c2ccccc2Cl)N3)C1. The molecule has 136 valence electrons. The minimum absolute atomic E-state index is 0.106. The number of ether oxygens (including phenoxy) is 1. The van der Waals surface area contributed by atoms with Gasteiger partial charge in [0.1, 0.15) is 11.2 Å². The molecule has 0 bridgehead atoms. The largest absolute Gasteiger partial charge is 0.450 e. The standard InChI is InChI=1S/C18H18ClN3O3S/c1-2-25-18(24)22-8-7-11-13(9-22)26-17-14(11)16(23)20-15(21-17)10-5-3-4-6-12(10)19/h3-6,15,21H,2,7-9H2,1H3,(H,20,23)/t15-/m1/s1. The van der Waals surface area contributed by atoms with Gasteiger partial charge in [-0.15, -0.1) is 11.3 Å². The van der Waals surface area contributed by atoms with E-state index in [-0.39, 0.29) is 18.2 Å². The van der Waals surface area contributed by atoms with Gasteiger partial charge < -0.3 is 20.3 Å². The highest BCUT2D eigenvalue weighted by Crippen LogP contribution is 2.41. The lowest BCUT2D eigenvalue weighted by atomic mass is 10.0. The molecule has 0 fully saturated rings. The lowest BCUT2D eigenvalue weighted by Gasteiger charge is -2.28. The maximum absolute atomic E-state index is 12.7. The van der Waals surface area contributed by atoms with Gasteiger partial charge in [0.05, 0.1) is 18.7 Å². The maximum atomic E-state index is 12.7. The summed E-state index contributed by atoms with van der Waals surface area (Å²) < 4.78 is 5.09. The Morgan fingerprint density at radius 1 is 1.38 bits per heavy atom. The van der Waals surface area contributed by atoms with Crippen molar-refractivity contribution in [2.75, 3.05) is 18.5 Å². The molecule has 1 aromatic carbocycles. The van der Waals surface area contributed by atoms with Crippen LogP contribution in [0.5, 0.6) is 0 Å². The Balaban J connectivity index is 1.62. The van der Waals surface area contributed by atoms with Crippen LogP contribution in [0.15, 0.2) is 24.3 Å². The van der Waals surface area contributed by atoms with Gasteiger partial charge in [-0.2, -0.15) is 0 Å². The van der Waals surface area contributed by atoms with Crippen LogP contribution in [0, 0.1) is 0 Å². The Bertz CT molecular complexity index is 883. The van der Waals surface area contributed by atoms with Crippen molar-refractivity contribution >= 4 is 39.9 Å². The molecule has 3 heterocycles. The van der Waals surface area contributed by atoms with Gasteiger partial charge in [0, 0.05) is 22.0 Å². The molecule has 2 amide bonds. The minimum Gasteiger partial charge on any atom is -0.450 e. The molecule has 0 saturated carbocycles. The summed E-state index contributed by atoms with van der Waals surface area (Å²) in [5, 5.41) is 7.79. The zero-order chi connectivity index (χ0) is 18.3. The number of nitrogens with zero attached hydrogens (tertiary/aromatic N) is 1. The number of hydrogen-bond donors (Lipinski definition) is 2. The monoisotopic (exact) mass is 391 g/mol. The number of amides is 2.